The monoisotopic (exact) mass is 567 g/mol. The minimum atomic E-state index is 0. The van der Waals surface area contributed by atoms with Gasteiger partial charge in [-0.15, -0.1) is 34.9 Å². The third kappa shape index (κ3) is 3.77. The first kappa shape index (κ1) is 22.7. The van der Waals surface area contributed by atoms with E-state index < -0.39 is 0 Å². The van der Waals surface area contributed by atoms with Crippen molar-refractivity contribution in [3.63, 3.8) is 0 Å². The summed E-state index contributed by atoms with van der Waals surface area (Å²) in [5.41, 5.74) is 8.92. The molecule has 0 saturated carbocycles. The van der Waals surface area contributed by atoms with E-state index in [2.05, 4.69) is 85.9 Å². The normalized spacial score (nSPS) is 22.8. The van der Waals surface area contributed by atoms with E-state index in [4.69, 9.17) is 4.98 Å². The Labute approximate surface area is 191 Å². The predicted octanol–water partition coefficient (Wildman–Crippen LogP) is 7.24. The number of hydrogen-bond donors (Lipinski definition) is 0. The third-order valence-electron chi connectivity index (χ3n) is 7.80. The van der Waals surface area contributed by atoms with Gasteiger partial charge in [-0.2, -0.15) is 0 Å². The van der Waals surface area contributed by atoms with Gasteiger partial charge in [0.05, 0.1) is 0 Å². The zero-order valence-corrected chi connectivity index (χ0v) is 21.8. The second-order valence-electron chi connectivity index (χ2n) is 11.8. The molecule has 0 unspecified atom stereocenters. The molecular formula is C27H36IrN-. The fraction of sp³-hybridized carbons (Fsp3) is 0.593. The largest absolute Gasteiger partial charge is 0.304 e. The first-order valence-electron chi connectivity index (χ1n) is 10.9. The molecule has 2 heteroatoms. The molecule has 4 rings (SSSR count). The molecule has 0 amide bonds. The summed E-state index contributed by atoms with van der Waals surface area (Å²) in [7, 11) is 0. The second kappa shape index (κ2) is 7.03. The van der Waals surface area contributed by atoms with Crippen LogP contribution >= 0.6 is 0 Å². The predicted molar refractivity (Wildman–Crippen MR) is 119 cm³/mol. The second-order valence-corrected chi connectivity index (χ2v) is 11.8. The Kier molecular flexibility index (Phi) is 5.50. The van der Waals surface area contributed by atoms with Crippen LogP contribution in [0.25, 0.3) is 11.3 Å². The molecule has 1 heterocycles. The fourth-order valence-electron chi connectivity index (χ4n) is 5.25. The summed E-state index contributed by atoms with van der Waals surface area (Å²) in [6.07, 6.45) is 7.07. The number of benzene rings is 1. The Hall–Kier alpha value is -0.981. The van der Waals surface area contributed by atoms with Crippen molar-refractivity contribution >= 4 is 0 Å². The van der Waals surface area contributed by atoms with Crippen LogP contribution in [0.5, 0.6) is 0 Å². The smallest absolute Gasteiger partial charge is 0.0201 e. The first-order valence-corrected chi connectivity index (χ1v) is 10.9. The first-order chi connectivity index (χ1) is 12.8. The van der Waals surface area contributed by atoms with E-state index in [0.717, 1.165) is 11.3 Å². The molecular weight excluding hydrogens is 531 g/mol. The van der Waals surface area contributed by atoms with Crippen molar-refractivity contribution in [2.45, 2.75) is 103 Å². The van der Waals surface area contributed by atoms with Crippen LogP contribution in [0.4, 0.5) is 0 Å². The van der Waals surface area contributed by atoms with E-state index in [1.54, 1.807) is 0 Å². The van der Waals surface area contributed by atoms with Crippen LogP contribution in [0.3, 0.4) is 0 Å². The van der Waals surface area contributed by atoms with Gasteiger partial charge in [-0.1, -0.05) is 67.9 Å². The number of pyridine rings is 1. The maximum atomic E-state index is 4.93. The van der Waals surface area contributed by atoms with Gasteiger partial charge < -0.3 is 4.98 Å². The molecule has 159 valence electrons. The molecule has 1 aromatic carbocycles. The van der Waals surface area contributed by atoms with E-state index in [0.29, 0.717) is 0 Å². The van der Waals surface area contributed by atoms with E-state index >= 15 is 0 Å². The van der Waals surface area contributed by atoms with Gasteiger partial charge in [-0.25, -0.2) is 0 Å². The minimum Gasteiger partial charge on any atom is -0.304 e. The Morgan fingerprint density at radius 2 is 1.10 bits per heavy atom. The molecule has 1 radical (unpaired) electrons. The molecule has 2 aliphatic rings. The SMILES string of the molecule is CC1(C)CCC(C)(C)c2cc(-c3cc4c(cn3)C(C)(C)CCC4(C)C)[c-]cc21.[Ir]. The standard InChI is InChI=1S/C27H36N.Ir/c1-24(2)11-12-25(3,4)20-15-18(9-10-19(20)24)23-16-21-22(17-28-23)27(7,8)14-13-26(21,5)6;/h10,15-17H,11-14H2,1-8H3;/q-1;. The number of fused-ring (bicyclic) bond motifs is 2. The molecule has 0 fully saturated rings. The summed E-state index contributed by atoms with van der Waals surface area (Å²) in [5.74, 6) is 0. The van der Waals surface area contributed by atoms with Crippen LogP contribution in [0, 0.1) is 6.07 Å². The van der Waals surface area contributed by atoms with Crippen molar-refractivity contribution in [1.82, 2.24) is 4.98 Å². The third-order valence-corrected chi connectivity index (χ3v) is 7.80. The Bertz CT molecular complexity index is 856. The summed E-state index contributed by atoms with van der Waals surface area (Å²) >= 11 is 0. The molecule has 0 saturated heterocycles. The van der Waals surface area contributed by atoms with Crippen molar-refractivity contribution in [2.75, 3.05) is 0 Å². The maximum absolute atomic E-state index is 4.93. The molecule has 0 N–H and O–H groups in total. The quantitative estimate of drug-likeness (QED) is 0.332. The van der Waals surface area contributed by atoms with E-state index in [9.17, 15) is 0 Å². The molecule has 1 nitrogen and oxygen atoms in total. The zero-order chi connectivity index (χ0) is 20.5. The number of aromatic nitrogens is 1. The average Bonchev–Trinajstić information content (AvgIpc) is 2.62. The molecule has 0 bridgehead atoms. The number of nitrogens with zero attached hydrogens (tertiary/aromatic N) is 1. The van der Waals surface area contributed by atoms with Crippen LogP contribution in [-0.2, 0) is 41.8 Å². The van der Waals surface area contributed by atoms with Crippen molar-refractivity contribution in [2.24, 2.45) is 0 Å². The van der Waals surface area contributed by atoms with E-state index in [1.807, 2.05) is 0 Å². The van der Waals surface area contributed by atoms with Crippen molar-refractivity contribution in [3.05, 3.63) is 52.7 Å². The van der Waals surface area contributed by atoms with E-state index in [1.165, 1.54) is 47.9 Å². The average molecular weight is 567 g/mol. The van der Waals surface area contributed by atoms with Crippen LogP contribution in [0.2, 0.25) is 0 Å². The summed E-state index contributed by atoms with van der Waals surface area (Å²) in [6, 6.07) is 10.6. The van der Waals surface area contributed by atoms with Gasteiger partial charge in [-0.05, 0) is 57.7 Å². The van der Waals surface area contributed by atoms with E-state index in [-0.39, 0.29) is 41.8 Å². The summed E-state index contributed by atoms with van der Waals surface area (Å²) in [4.78, 5) is 4.93. The molecule has 29 heavy (non-hydrogen) atoms. The summed E-state index contributed by atoms with van der Waals surface area (Å²) < 4.78 is 0. The summed E-state index contributed by atoms with van der Waals surface area (Å²) in [5, 5.41) is 0. The van der Waals surface area contributed by atoms with Gasteiger partial charge >= 0.3 is 0 Å². The van der Waals surface area contributed by atoms with Gasteiger partial charge in [0.15, 0.2) is 0 Å². The molecule has 1 aromatic heterocycles. The Morgan fingerprint density at radius 3 is 1.66 bits per heavy atom. The molecule has 0 aliphatic heterocycles. The van der Waals surface area contributed by atoms with Crippen molar-refractivity contribution < 1.29 is 20.1 Å². The van der Waals surface area contributed by atoms with Gasteiger partial charge in [0.2, 0.25) is 0 Å². The maximum Gasteiger partial charge on any atom is 0.0201 e. The van der Waals surface area contributed by atoms with Gasteiger partial charge in [0.1, 0.15) is 0 Å². The van der Waals surface area contributed by atoms with Crippen LogP contribution < -0.4 is 0 Å². The fourth-order valence-corrected chi connectivity index (χ4v) is 5.25. The van der Waals surface area contributed by atoms with Crippen LogP contribution in [0.1, 0.15) is 103 Å². The molecule has 0 spiro atoms. The zero-order valence-electron chi connectivity index (χ0n) is 19.4. The summed E-state index contributed by atoms with van der Waals surface area (Å²) in [6.45, 7) is 19.0. The van der Waals surface area contributed by atoms with Crippen LogP contribution in [0.15, 0.2) is 24.4 Å². The number of rotatable bonds is 1. The van der Waals surface area contributed by atoms with Crippen molar-refractivity contribution in [3.8, 4) is 11.3 Å². The van der Waals surface area contributed by atoms with Gasteiger partial charge in [0.25, 0.3) is 0 Å². The Balaban J connectivity index is 0.00000240. The molecule has 2 aliphatic carbocycles. The molecule has 0 atom stereocenters. The van der Waals surface area contributed by atoms with Crippen molar-refractivity contribution in [1.29, 1.82) is 0 Å². The van der Waals surface area contributed by atoms with Crippen LogP contribution in [-0.4, -0.2) is 4.98 Å². The van der Waals surface area contributed by atoms with Gasteiger partial charge in [0, 0.05) is 26.3 Å². The topological polar surface area (TPSA) is 12.9 Å². The molecule has 2 aromatic rings. The number of hydrogen-bond acceptors (Lipinski definition) is 1. The Morgan fingerprint density at radius 1 is 0.655 bits per heavy atom. The minimum absolute atomic E-state index is 0. The van der Waals surface area contributed by atoms with Gasteiger partial charge in [-0.3, -0.25) is 0 Å².